The second-order valence-electron chi connectivity index (χ2n) is 4.79. The Morgan fingerprint density at radius 1 is 1.33 bits per heavy atom. The molecule has 0 atom stereocenters. The van der Waals surface area contributed by atoms with Gasteiger partial charge in [-0.15, -0.1) is 22.9 Å². The van der Waals surface area contributed by atoms with E-state index < -0.39 is 0 Å². The molecule has 0 fully saturated rings. The number of hydrogen-bond acceptors (Lipinski definition) is 4. The third-order valence-corrected chi connectivity index (χ3v) is 4.45. The molecule has 110 valence electrons. The van der Waals surface area contributed by atoms with Crippen molar-refractivity contribution >= 4 is 34.0 Å². The molecule has 2 aromatic heterocycles. The zero-order valence-corrected chi connectivity index (χ0v) is 13.5. The minimum Gasteiger partial charge on any atom is -0.497 e. The normalized spacial score (nSPS) is 11.2. The Kier molecular flexibility index (Phi) is 4.12. The van der Waals surface area contributed by atoms with Crippen LogP contribution in [-0.2, 0) is 13.0 Å². The Morgan fingerprint density at radius 3 is 2.86 bits per heavy atom. The topological polar surface area (TPSA) is 39.9 Å². The van der Waals surface area contributed by atoms with Crippen LogP contribution in [0.25, 0.3) is 11.0 Å². The van der Waals surface area contributed by atoms with E-state index in [1.54, 1.807) is 18.4 Å². The summed E-state index contributed by atoms with van der Waals surface area (Å²) in [6.07, 6.45) is 0.739. The van der Waals surface area contributed by atoms with Crippen LogP contribution >= 0.6 is 22.9 Å². The van der Waals surface area contributed by atoms with Crippen LogP contribution in [0.1, 0.15) is 16.5 Å². The van der Waals surface area contributed by atoms with Crippen LogP contribution in [0.5, 0.6) is 5.75 Å². The predicted molar refractivity (Wildman–Crippen MR) is 86.7 cm³/mol. The van der Waals surface area contributed by atoms with Crippen molar-refractivity contribution in [1.82, 2.24) is 14.5 Å². The van der Waals surface area contributed by atoms with E-state index in [2.05, 4.69) is 19.9 Å². The molecule has 6 heteroatoms. The molecule has 3 rings (SSSR count). The van der Waals surface area contributed by atoms with Gasteiger partial charge in [0.2, 0.25) is 0 Å². The highest BCUT2D eigenvalue weighted by molar-refractivity contribution is 7.09. The van der Waals surface area contributed by atoms with Gasteiger partial charge in [0.25, 0.3) is 0 Å². The highest BCUT2D eigenvalue weighted by atomic mass is 35.5. The summed E-state index contributed by atoms with van der Waals surface area (Å²) in [7, 11) is 1.66. The Morgan fingerprint density at radius 2 is 2.19 bits per heavy atom. The fourth-order valence-corrected chi connectivity index (χ4v) is 3.28. The van der Waals surface area contributed by atoms with E-state index in [1.165, 1.54) is 0 Å². The largest absolute Gasteiger partial charge is 0.497 e. The summed E-state index contributed by atoms with van der Waals surface area (Å²) >= 11 is 7.58. The monoisotopic (exact) mass is 321 g/mol. The second-order valence-corrected chi connectivity index (χ2v) is 6.11. The summed E-state index contributed by atoms with van der Waals surface area (Å²) in [5.41, 5.74) is 3.08. The van der Waals surface area contributed by atoms with Crippen LogP contribution < -0.4 is 4.74 Å². The number of alkyl halides is 1. The van der Waals surface area contributed by atoms with Crippen molar-refractivity contribution in [2.45, 2.75) is 19.9 Å². The number of nitrogens with zero attached hydrogens (tertiary/aromatic N) is 3. The third-order valence-electron chi connectivity index (χ3n) is 3.31. The van der Waals surface area contributed by atoms with Gasteiger partial charge in [-0.05, 0) is 19.1 Å². The number of rotatable bonds is 5. The first kappa shape index (κ1) is 14.4. The first-order valence-electron chi connectivity index (χ1n) is 6.71. The van der Waals surface area contributed by atoms with E-state index >= 15 is 0 Å². The molecule has 0 bridgehead atoms. The molecular weight excluding hydrogens is 306 g/mol. The third kappa shape index (κ3) is 2.89. The number of aryl methyl sites for hydroxylation is 2. The molecule has 2 heterocycles. The van der Waals surface area contributed by atoms with Gasteiger partial charge in [-0.25, -0.2) is 9.97 Å². The first-order valence-corrected chi connectivity index (χ1v) is 8.13. The second kappa shape index (κ2) is 6.03. The van der Waals surface area contributed by atoms with Gasteiger partial charge in [0.05, 0.1) is 24.7 Å². The highest BCUT2D eigenvalue weighted by Gasteiger charge is 2.13. The number of imidazole rings is 1. The van der Waals surface area contributed by atoms with Crippen LogP contribution in [0, 0.1) is 6.92 Å². The van der Waals surface area contributed by atoms with Crippen molar-refractivity contribution in [3.8, 4) is 5.75 Å². The maximum absolute atomic E-state index is 5.91. The summed E-state index contributed by atoms with van der Waals surface area (Å²) in [6.45, 7) is 2.74. The Labute approximate surface area is 132 Å². The minimum atomic E-state index is 0.553. The molecule has 3 aromatic rings. The van der Waals surface area contributed by atoms with Gasteiger partial charge in [0.1, 0.15) is 16.6 Å². The fourth-order valence-electron chi connectivity index (χ4n) is 2.35. The molecule has 0 aliphatic rings. The molecule has 0 saturated heterocycles. The van der Waals surface area contributed by atoms with Crippen LogP contribution in [0.15, 0.2) is 23.6 Å². The molecule has 0 radical (unpaired) electrons. The molecule has 1 aromatic carbocycles. The lowest BCUT2D eigenvalue weighted by Crippen LogP contribution is -2.05. The van der Waals surface area contributed by atoms with Gasteiger partial charge in [0, 0.05) is 29.4 Å². The summed E-state index contributed by atoms with van der Waals surface area (Å²) in [5.74, 6) is 2.35. The average molecular weight is 322 g/mol. The Hall–Kier alpha value is -1.59. The van der Waals surface area contributed by atoms with E-state index in [-0.39, 0.29) is 0 Å². The van der Waals surface area contributed by atoms with Crippen molar-refractivity contribution in [3.05, 3.63) is 40.1 Å². The van der Waals surface area contributed by atoms with Gasteiger partial charge in [-0.1, -0.05) is 0 Å². The van der Waals surface area contributed by atoms with Crippen LogP contribution in [0.4, 0.5) is 0 Å². The van der Waals surface area contributed by atoms with Crippen LogP contribution in [-0.4, -0.2) is 27.5 Å². The average Bonchev–Trinajstić information content (AvgIpc) is 3.04. The van der Waals surface area contributed by atoms with Gasteiger partial charge >= 0.3 is 0 Å². The number of aromatic nitrogens is 3. The number of ether oxygens (including phenoxy) is 1. The molecule has 0 spiro atoms. The number of thiazole rings is 1. The summed E-state index contributed by atoms with van der Waals surface area (Å²) in [5, 5.41) is 3.15. The quantitative estimate of drug-likeness (QED) is 0.674. The van der Waals surface area contributed by atoms with Gasteiger partial charge in [-0.2, -0.15) is 0 Å². The summed E-state index contributed by atoms with van der Waals surface area (Å²) in [4.78, 5) is 9.23. The number of benzene rings is 1. The van der Waals surface area contributed by atoms with E-state index in [1.807, 2.05) is 25.1 Å². The zero-order chi connectivity index (χ0) is 14.8. The molecular formula is C15H16ClN3OS. The molecule has 21 heavy (non-hydrogen) atoms. The zero-order valence-electron chi connectivity index (χ0n) is 12.0. The Balaban J connectivity index is 2.06. The summed E-state index contributed by atoms with van der Waals surface area (Å²) in [6, 6.07) is 5.95. The lowest BCUT2D eigenvalue weighted by atomic mass is 10.3. The van der Waals surface area contributed by atoms with Crippen LogP contribution in [0.3, 0.4) is 0 Å². The molecule has 0 saturated carbocycles. The molecule has 4 nitrogen and oxygen atoms in total. The van der Waals surface area contributed by atoms with Gasteiger partial charge in [0.15, 0.2) is 0 Å². The molecule has 0 unspecified atom stereocenters. The van der Waals surface area contributed by atoms with Crippen molar-refractivity contribution in [1.29, 1.82) is 0 Å². The molecule has 0 aliphatic heterocycles. The van der Waals surface area contributed by atoms with E-state index in [0.717, 1.165) is 46.3 Å². The van der Waals surface area contributed by atoms with Gasteiger partial charge < -0.3 is 9.30 Å². The lowest BCUT2D eigenvalue weighted by Gasteiger charge is -2.06. The number of methoxy groups -OCH3 is 1. The lowest BCUT2D eigenvalue weighted by molar-refractivity contribution is 0.415. The van der Waals surface area contributed by atoms with Crippen LogP contribution in [0.2, 0.25) is 0 Å². The molecule has 0 amide bonds. The van der Waals surface area contributed by atoms with Gasteiger partial charge in [-0.3, -0.25) is 0 Å². The SMILES string of the molecule is COc1ccc2c(c1)nc(CCCl)n2Cc1nc(C)cs1. The molecule has 0 N–H and O–H groups in total. The van der Waals surface area contributed by atoms with Crippen molar-refractivity contribution in [2.24, 2.45) is 0 Å². The highest BCUT2D eigenvalue weighted by Crippen LogP contribution is 2.24. The maximum Gasteiger partial charge on any atom is 0.121 e. The van der Waals surface area contributed by atoms with Crippen molar-refractivity contribution in [3.63, 3.8) is 0 Å². The Bertz CT molecular complexity index is 765. The standard InChI is InChI=1S/C15H16ClN3OS/c1-10-9-21-15(17-10)8-19-13-4-3-11(20-2)7-12(13)18-14(19)5-6-16/h3-4,7,9H,5-6,8H2,1-2H3. The number of fused-ring (bicyclic) bond motifs is 1. The predicted octanol–water partition coefficient (Wildman–Crippen LogP) is 3.64. The minimum absolute atomic E-state index is 0.553. The van der Waals surface area contributed by atoms with E-state index in [4.69, 9.17) is 16.3 Å². The van der Waals surface area contributed by atoms with Crippen molar-refractivity contribution < 1.29 is 4.74 Å². The fraction of sp³-hybridized carbons (Fsp3) is 0.333. The molecule has 0 aliphatic carbocycles. The van der Waals surface area contributed by atoms with Crippen molar-refractivity contribution in [2.75, 3.05) is 13.0 Å². The number of halogens is 1. The summed E-state index contributed by atoms with van der Waals surface area (Å²) < 4.78 is 7.46. The first-order chi connectivity index (χ1) is 10.2. The van der Waals surface area contributed by atoms with E-state index in [9.17, 15) is 0 Å². The van der Waals surface area contributed by atoms with E-state index in [0.29, 0.717) is 5.88 Å². The number of hydrogen-bond donors (Lipinski definition) is 0. The maximum atomic E-state index is 5.91. The smallest absolute Gasteiger partial charge is 0.121 e.